The molecule has 0 spiro atoms. The van der Waals surface area contributed by atoms with E-state index >= 15 is 0 Å². The summed E-state index contributed by atoms with van der Waals surface area (Å²) in [5.41, 5.74) is 3.78. The molecule has 178 valence electrons. The number of amides is 1. The van der Waals surface area contributed by atoms with Gasteiger partial charge in [0.2, 0.25) is 0 Å². The van der Waals surface area contributed by atoms with Gasteiger partial charge in [0.15, 0.2) is 0 Å². The zero-order valence-corrected chi connectivity index (χ0v) is 21.3. The zero-order chi connectivity index (χ0) is 22.9. The van der Waals surface area contributed by atoms with Gasteiger partial charge >= 0.3 is 205 Å². The van der Waals surface area contributed by atoms with Gasteiger partial charge in [-0.1, -0.05) is 0 Å². The third-order valence-corrected chi connectivity index (χ3v) is 9.72. The molecule has 0 bridgehead atoms. The third kappa shape index (κ3) is 4.38. The van der Waals surface area contributed by atoms with E-state index in [0.717, 1.165) is 44.3 Å². The molecular weight excluding hydrogens is 493 g/mol. The molecule has 0 radical (unpaired) electrons. The summed E-state index contributed by atoms with van der Waals surface area (Å²) in [7, 11) is 0. The zero-order valence-electron chi connectivity index (χ0n) is 19.2. The van der Waals surface area contributed by atoms with Crippen LogP contribution in [0.2, 0.25) is 0 Å². The number of H-pyrrole nitrogens is 1. The molecule has 9 nitrogen and oxygen atoms in total. The molecule has 3 aromatic heterocycles. The van der Waals surface area contributed by atoms with Crippen molar-refractivity contribution in [2.75, 3.05) is 16.8 Å². The maximum atomic E-state index is 12.9. The van der Waals surface area contributed by atoms with Crippen molar-refractivity contribution in [3.05, 3.63) is 35.5 Å². The summed E-state index contributed by atoms with van der Waals surface area (Å²) in [6.45, 7) is 0.774. The second-order valence-electron chi connectivity index (χ2n) is 9.50. The molecule has 1 saturated heterocycles. The van der Waals surface area contributed by atoms with Crippen LogP contribution in [0.25, 0.3) is 0 Å². The number of aromatic nitrogens is 5. The molecule has 1 saturated carbocycles. The predicted molar refractivity (Wildman–Crippen MR) is 130 cm³/mol. The van der Waals surface area contributed by atoms with Crippen molar-refractivity contribution in [1.29, 1.82) is 0 Å². The molecule has 3 aliphatic rings. The molecule has 3 aromatic rings. The quantitative estimate of drug-likeness (QED) is 0.473. The molecule has 1 amide bonds. The van der Waals surface area contributed by atoms with Crippen LogP contribution in [-0.4, -0.2) is 59.4 Å². The monoisotopic (exact) mass is 523 g/mol. The fraction of sp³-hybridized carbons (Fsp3) is 0.542. The fourth-order valence-corrected chi connectivity index (χ4v) is 7.98. The summed E-state index contributed by atoms with van der Waals surface area (Å²) < 4.78 is 7.54. The molecule has 1 aliphatic heterocycles. The van der Waals surface area contributed by atoms with Gasteiger partial charge in [-0.15, -0.1) is 0 Å². The standard InChI is InChI=1S/C24H30AsN7O2/c33-22(29-24-26-11-13-34-24)19-10-5-12-32(19)23-27-17-9-4-8-16(17)21(28-23)25-20-14-18(30-31-20)15-6-2-1-3-7-15/h11,13-15,19,25H,1-10,12H2,(H,30,31)(H,26,29,33). The van der Waals surface area contributed by atoms with Crippen LogP contribution in [-0.2, 0) is 17.6 Å². The first kappa shape index (κ1) is 21.8. The summed E-state index contributed by atoms with van der Waals surface area (Å²) >= 11 is -0.686. The Morgan fingerprint density at radius 2 is 2.03 bits per heavy atom. The molecule has 2 aliphatic carbocycles. The van der Waals surface area contributed by atoms with Gasteiger partial charge in [-0.2, -0.15) is 0 Å². The molecule has 34 heavy (non-hydrogen) atoms. The number of rotatable bonds is 6. The van der Waals surface area contributed by atoms with Crippen LogP contribution in [0.4, 0.5) is 12.0 Å². The van der Waals surface area contributed by atoms with E-state index in [9.17, 15) is 4.79 Å². The van der Waals surface area contributed by atoms with E-state index < -0.39 is 15.8 Å². The Hall–Kier alpha value is -2.67. The van der Waals surface area contributed by atoms with Crippen molar-refractivity contribution in [1.82, 2.24) is 25.1 Å². The van der Waals surface area contributed by atoms with Gasteiger partial charge in [-0.05, 0) is 0 Å². The first-order chi connectivity index (χ1) is 16.7. The first-order valence-electron chi connectivity index (χ1n) is 12.4. The fourth-order valence-electron chi connectivity index (χ4n) is 5.55. The molecule has 2 fully saturated rings. The number of hydrogen-bond acceptors (Lipinski definition) is 7. The number of aryl methyl sites for hydroxylation is 1. The van der Waals surface area contributed by atoms with Crippen molar-refractivity contribution in [3.8, 4) is 0 Å². The van der Waals surface area contributed by atoms with Gasteiger partial charge in [0.1, 0.15) is 0 Å². The third-order valence-electron chi connectivity index (χ3n) is 7.29. The Bertz CT molecular complexity index is 1160. The van der Waals surface area contributed by atoms with Crippen molar-refractivity contribution in [2.24, 2.45) is 0 Å². The van der Waals surface area contributed by atoms with Gasteiger partial charge in [-0.25, -0.2) is 0 Å². The van der Waals surface area contributed by atoms with Gasteiger partial charge < -0.3 is 0 Å². The van der Waals surface area contributed by atoms with Crippen molar-refractivity contribution in [3.63, 3.8) is 0 Å². The van der Waals surface area contributed by atoms with Crippen LogP contribution in [0, 0.1) is 0 Å². The summed E-state index contributed by atoms with van der Waals surface area (Å²) in [4.78, 5) is 29.0. The number of hydrogen-bond donors (Lipinski definition) is 2. The van der Waals surface area contributed by atoms with E-state index in [0.29, 0.717) is 11.9 Å². The number of fused-ring (bicyclic) bond motifs is 1. The Balaban J connectivity index is 1.24. The second-order valence-corrected chi connectivity index (χ2v) is 12.1. The van der Waals surface area contributed by atoms with Gasteiger partial charge in [-0.3, -0.25) is 0 Å². The molecule has 2 atom stereocenters. The van der Waals surface area contributed by atoms with E-state index in [4.69, 9.17) is 19.5 Å². The topological polar surface area (TPSA) is 113 Å². The molecule has 6 rings (SSSR count). The van der Waals surface area contributed by atoms with E-state index in [1.807, 2.05) is 0 Å². The number of aromatic amines is 1. The van der Waals surface area contributed by atoms with Gasteiger partial charge in [0.05, 0.1) is 0 Å². The molecular formula is C24H30AsN7O2. The Labute approximate surface area is 205 Å². The Morgan fingerprint density at radius 1 is 1.12 bits per heavy atom. The number of nitrogens with one attached hydrogen (secondary N) is 2. The predicted octanol–water partition coefficient (Wildman–Crippen LogP) is 1.72. The van der Waals surface area contributed by atoms with E-state index in [1.54, 1.807) is 0 Å². The Kier molecular flexibility index (Phi) is 6.12. The van der Waals surface area contributed by atoms with Crippen molar-refractivity contribution in [2.45, 2.75) is 76.2 Å². The molecule has 2 unspecified atom stereocenters. The molecule has 2 N–H and O–H groups in total. The average Bonchev–Trinajstić information content (AvgIpc) is 3.67. The number of nitrogens with zero attached hydrogens (tertiary/aromatic N) is 5. The first-order valence-corrected chi connectivity index (χ1v) is 14.5. The molecule has 0 aromatic carbocycles. The summed E-state index contributed by atoms with van der Waals surface area (Å²) in [6.07, 6.45) is 14.3. The minimum absolute atomic E-state index is 0.119. The summed E-state index contributed by atoms with van der Waals surface area (Å²) in [5, 5.41) is 10.8. The second kappa shape index (κ2) is 9.53. The van der Waals surface area contributed by atoms with Crippen molar-refractivity contribution >= 4 is 42.6 Å². The van der Waals surface area contributed by atoms with Crippen LogP contribution in [0.3, 0.4) is 0 Å². The number of anilines is 2. The summed E-state index contributed by atoms with van der Waals surface area (Å²) in [5.74, 6) is 1.19. The molecule has 10 heteroatoms. The SMILES string of the molecule is O=C(Nc1ncco1)C1CCCN1c1nc2c(c([AsH]c3cc(C4CCCCC4)[nH]n3)n1)CCC2. The average molecular weight is 523 g/mol. The summed E-state index contributed by atoms with van der Waals surface area (Å²) in [6, 6.07) is 2.20. The van der Waals surface area contributed by atoms with Crippen LogP contribution >= 0.6 is 0 Å². The minimum atomic E-state index is -0.686. The van der Waals surface area contributed by atoms with Crippen LogP contribution in [0.1, 0.15) is 74.2 Å². The van der Waals surface area contributed by atoms with Crippen LogP contribution in [0.5, 0.6) is 0 Å². The maximum absolute atomic E-state index is 12.9. The van der Waals surface area contributed by atoms with Crippen LogP contribution < -0.4 is 19.2 Å². The number of carbonyl (C=O) groups excluding carboxylic acids is 1. The normalized spacial score (nSPS) is 20.9. The number of carbonyl (C=O) groups is 1. The van der Waals surface area contributed by atoms with E-state index in [1.165, 1.54) is 64.8 Å². The van der Waals surface area contributed by atoms with Crippen LogP contribution in [0.15, 0.2) is 22.9 Å². The van der Waals surface area contributed by atoms with E-state index in [-0.39, 0.29) is 18.0 Å². The van der Waals surface area contributed by atoms with Crippen molar-refractivity contribution < 1.29 is 9.21 Å². The van der Waals surface area contributed by atoms with Gasteiger partial charge in [0, 0.05) is 0 Å². The molecule has 4 heterocycles. The Morgan fingerprint density at radius 3 is 2.88 bits per heavy atom. The van der Waals surface area contributed by atoms with E-state index in [2.05, 4.69) is 26.4 Å². The van der Waals surface area contributed by atoms with Gasteiger partial charge in [0.25, 0.3) is 0 Å². The number of oxazole rings is 1.